The molecule has 2 aromatic heterocycles. The van der Waals surface area contributed by atoms with E-state index in [1.54, 1.807) is 61.5 Å². The molecule has 1 atom stereocenters. The Morgan fingerprint density at radius 2 is 1.84 bits per heavy atom. The van der Waals surface area contributed by atoms with Gasteiger partial charge in [-0.05, 0) is 55.7 Å². The monoisotopic (exact) mass is 517 g/mol. The number of carbonyl (C=O) groups is 2. The molecule has 0 unspecified atom stereocenters. The van der Waals surface area contributed by atoms with Gasteiger partial charge in [-0.25, -0.2) is 8.78 Å². The van der Waals surface area contributed by atoms with E-state index in [1.165, 1.54) is 35.2 Å². The molecule has 10 heteroatoms. The Morgan fingerprint density at radius 3 is 2.45 bits per heavy atom. The summed E-state index contributed by atoms with van der Waals surface area (Å²) in [7, 11) is 1.79. The van der Waals surface area contributed by atoms with Crippen molar-refractivity contribution < 1.29 is 23.1 Å². The van der Waals surface area contributed by atoms with Crippen molar-refractivity contribution in [2.24, 2.45) is 18.2 Å². The van der Waals surface area contributed by atoms with Gasteiger partial charge in [0.05, 0.1) is 17.9 Å². The highest BCUT2D eigenvalue weighted by atomic mass is 19.1. The Kier molecular flexibility index (Phi) is 6.40. The summed E-state index contributed by atoms with van der Waals surface area (Å²) in [6.07, 6.45) is 5.65. The number of pyridine rings is 1. The quantitative estimate of drug-likeness (QED) is 0.335. The second-order valence-electron chi connectivity index (χ2n) is 9.35. The highest BCUT2D eigenvalue weighted by Gasteiger charge is 2.57. The van der Waals surface area contributed by atoms with E-state index < -0.39 is 34.9 Å². The maximum absolute atomic E-state index is 15.3. The lowest BCUT2D eigenvalue weighted by Gasteiger charge is -2.32. The molecular weight excluding hydrogens is 492 g/mol. The minimum absolute atomic E-state index is 0.0602. The number of benzene rings is 2. The second-order valence-corrected chi connectivity index (χ2v) is 9.35. The number of nitrogens with two attached hydrogens (primary N) is 1. The van der Waals surface area contributed by atoms with Crippen molar-refractivity contribution in [2.45, 2.75) is 25.8 Å². The first-order valence-corrected chi connectivity index (χ1v) is 12.0. The van der Waals surface area contributed by atoms with Gasteiger partial charge in [0, 0.05) is 42.8 Å². The van der Waals surface area contributed by atoms with E-state index in [0.717, 1.165) is 5.56 Å². The number of hydrogen-bond acceptors (Lipinski definition) is 5. The van der Waals surface area contributed by atoms with Gasteiger partial charge >= 0.3 is 0 Å². The Bertz CT molecular complexity index is 1520. The molecule has 2 amide bonds. The highest BCUT2D eigenvalue weighted by Crippen LogP contribution is 2.49. The molecule has 0 spiro atoms. The predicted octanol–water partition coefficient (Wildman–Crippen LogP) is 4.91. The summed E-state index contributed by atoms with van der Waals surface area (Å²) in [6, 6.07) is 12.4. The summed E-state index contributed by atoms with van der Waals surface area (Å²) in [5.41, 5.74) is 6.45. The van der Waals surface area contributed by atoms with Crippen LogP contribution in [0.25, 0.3) is 11.3 Å². The van der Waals surface area contributed by atoms with Crippen LogP contribution in [0, 0.1) is 17.0 Å². The minimum Gasteiger partial charge on any atom is -0.454 e. The van der Waals surface area contributed by atoms with E-state index in [9.17, 15) is 14.0 Å². The molecule has 4 aromatic rings. The van der Waals surface area contributed by atoms with Gasteiger partial charge in [0.25, 0.3) is 0 Å². The lowest BCUT2D eigenvalue weighted by atomic mass is 9.99. The summed E-state index contributed by atoms with van der Waals surface area (Å²) in [5, 5.41) is 4.13. The number of anilines is 1. The molecule has 194 valence electrons. The van der Waals surface area contributed by atoms with Crippen molar-refractivity contribution in [3.05, 3.63) is 90.4 Å². The maximum atomic E-state index is 15.3. The van der Waals surface area contributed by atoms with Crippen molar-refractivity contribution in [1.29, 1.82) is 0 Å². The average molecular weight is 518 g/mol. The standard InChI is InChI=1S/C28H25F2N5O3/c1-17(18-3-5-20(29)6-4-18)35(27(37)28(10-11-28)26(31)36)21-7-8-25(23(30)13-21)38-22-9-12-32-24(14-22)19-15-33-34(2)16-19/h3-9,12-17H,10-11H2,1-2H3,(H2,31,36)/t17-/m0/s1. The molecular formula is C28H25F2N5O3. The number of ether oxygens (including phenoxy) is 1. The fourth-order valence-corrected chi connectivity index (χ4v) is 4.36. The molecule has 0 bridgehead atoms. The van der Waals surface area contributed by atoms with Gasteiger partial charge in [0.2, 0.25) is 11.8 Å². The van der Waals surface area contributed by atoms with Crippen LogP contribution in [0.2, 0.25) is 0 Å². The summed E-state index contributed by atoms with van der Waals surface area (Å²) in [6.45, 7) is 1.72. The molecule has 1 aliphatic rings. The number of aryl methyl sites for hydroxylation is 1. The number of halogens is 2. The molecule has 5 rings (SSSR count). The van der Waals surface area contributed by atoms with E-state index in [-0.39, 0.29) is 11.4 Å². The van der Waals surface area contributed by atoms with E-state index >= 15 is 4.39 Å². The molecule has 2 N–H and O–H groups in total. The molecule has 2 aromatic carbocycles. The van der Waals surface area contributed by atoms with Crippen molar-refractivity contribution in [2.75, 3.05) is 4.90 Å². The maximum Gasteiger partial charge on any atom is 0.243 e. The SMILES string of the molecule is C[C@@H](c1ccc(F)cc1)N(C(=O)C1(C(N)=O)CC1)c1ccc(Oc2ccnc(-c3cnn(C)c3)c2)c(F)c1. The second kappa shape index (κ2) is 9.70. The molecule has 38 heavy (non-hydrogen) atoms. The molecule has 0 radical (unpaired) electrons. The van der Waals surface area contributed by atoms with Crippen LogP contribution in [-0.2, 0) is 16.6 Å². The molecule has 1 saturated carbocycles. The normalized spacial score (nSPS) is 14.5. The molecule has 2 heterocycles. The summed E-state index contributed by atoms with van der Waals surface area (Å²) in [5.74, 6) is -2.08. The lowest BCUT2D eigenvalue weighted by molar-refractivity contribution is -0.134. The Balaban J connectivity index is 1.46. The zero-order valence-electron chi connectivity index (χ0n) is 20.8. The number of primary amides is 1. The van der Waals surface area contributed by atoms with Gasteiger partial charge in [-0.15, -0.1) is 0 Å². The fraction of sp³-hybridized carbons (Fsp3) is 0.214. The molecule has 0 aliphatic heterocycles. The van der Waals surface area contributed by atoms with Gasteiger partial charge in [-0.2, -0.15) is 5.10 Å². The first-order valence-electron chi connectivity index (χ1n) is 12.0. The molecule has 8 nitrogen and oxygen atoms in total. The van der Waals surface area contributed by atoms with Crippen molar-refractivity contribution in [3.8, 4) is 22.8 Å². The predicted molar refractivity (Wildman–Crippen MR) is 136 cm³/mol. The smallest absolute Gasteiger partial charge is 0.243 e. The average Bonchev–Trinajstić information content (AvgIpc) is 3.61. The third-order valence-corrected chi connectivity index (χ3v) is 6.74. The summed E-state index contributed by atoms with van der Waals surface area (Å²) < 4.78 is 36.3. The van der Waals surface area contributed by atoms with E-state index in [1.807, 2.05) is 0 Å². The van der Waals surface area contributed by atoms with E-state index in [0.29, 0.717) is 29.8 Å². The number of amides is 2. The number of nitrogens with zero attached hydrogens (tertiary/aromatic N) is 4. The van der Waals surface area contributed by atoms with Crippen molar-refractivity contribution in [1.82, 2.24) is 14.8 Å². The number of carbonyl (C=O) groups excluding carboxylic acids is 2. The first-order chi connectivity index (χ1) is 18.2. The van der Waals surface area contributed by atoms with Gasteiger partial charge in [-0.1, -0.05) is 12.1 Å². The van der Waals surface area contributed by atoms with Crippen molar-refractivity contribution in [3.63, 3.8) is 0 Å². The van der Waals surface area contributed by atoms with Crippen LogP contribution < -0.4 is 15.4 Å². The lowest BCUT2D eigenvalue weighted by Crippen LogP contribution is -2.44. The zero-order valence-corrected chi connectivity index (χ0v) is 20.8. The Labute approximate surface area is 217 Å². The van der Waals surface area contributed by atoms with Crippen LogP contribution in [0.1, 0.15) is 31.4 Å². The van der Waals surface area contributed by atoms with Gasteiger partial charge in [0.15, 0.2) is 11.6 Å². The van der Waals surface area contributed by atoms with Crippen LogP contribution in [-0.4, -0.2) is 26.6 Å². The minimum atomic E-state index is -1.33. The number of hydrogen-bond donors (Lipinski definition) is 1. The largest absolute Gasteiger partial charge is 0.454 e. The Morgan fingerprint density at radius 1 is 1.11 bits per heavy atom. The Hall–Kier alpha value is -4.60. The topological polar surface area (TPSA) is 103 Å². The zero-order chi connectivity index (χ0) is 27.0. The van der Waals surface area contributed by atoms with Crippen LogP contribution >= 0.6 is 0 Å². The van der Waals surface area contributed by atoms with E-state index in [2.05, 4.69) is 10.1 Å². The van der Waals surface area contributed by atoms with Crippen LogP contribution in [0.5, 0.6) is 11.5 Å². The van der Waals surface area contributed by atoms with Gasteiger partial charge in [0.1, 0.15) is 17.0 Å². The third-order valence-electron chi connectivity index (χ3n) is 6.74. The summed E-state index contributed by atoms with van der Waals surface area (Å²) in [4.78, 5) is 31.4. The molecule has 1 fully saturated rings. The summed E-state index contributed by atoms with van der Waals surface area (Å²) >= 11 is 0. The van der Waals surface area contributed by atoms with Crippen LogP contribution in [0.4, 0.5) is 14.5 Å². The number of aromatic nitrogens is 3. The van der Waals surface area contributed by atoms with Gasteiger partial charge < -0.3 is 15.4 Å². The van der Waals surface area contributed by atoms with Crippen molar-refractivity contribution >= 4 is 17.5 Å². The number of rotatable bonds is 8. The first kappa shape index (κ1) is 25.1. The fourth-order valence-electron chi connectivity index (χ4n) is 4.36. The molecule has 1 aliphatic carbocycles. The highest BCUT2D eigenvalue weighted by molar-refractivity contribution is 6.13. The molecule has 0 saturated heterocycles. The van der Waals surface area contributed by atoms with E-state index in [4.69, 9.17) is 10.5 Å². The van der Waals surface area contributed by atoms with Crippen LogP contribution in [0.3, 0.4) is 0 Å². The van der Waals surface area contributed by atoms with Gasteiger partial charge in [-0.3, -0.25) is 19.3 Å². The third kappa shape index (κ3) is 4.72. The van der Waals surface area contributed by atoms with Crippen LogP contribution in [0.15, 0.2) is 73.2 Å².